The summed E-state index contributed by atoms with van der Waals surface area (Å²) in [4.78, 5) is 4.41. The van der Waals surface area contributed by atoms with Crippen LogP contribution in [0.1, 0.15) is 51.1 Å². The highest BCUT2D eigenvalue weighted by Gasteiger charge is 2.36. The third-order valence-corrected chi connectivity index (χ3v) is 7.72. The molecule has 2 aliphatic carbocycles. The average Bonchev–Trinajstić information content (AvgIpc) is 3.16. The van der Waals surface area contributed by atoms with E-state index in [4.69, 9.17) is 5.73 Å². The fourth-order valence-electron chi connectivity index (χ4n) is 4.61. The first-order chi connectivity index (χ1) is 14.0. The summed E-state index contributed by atoms with van der Waals surface area (Å²) in [7, 11) is 0. The molecular formula is C25H36N2OS. The summed E-state index contributed by atoms with van der Waals surface area (Å²) in [6, 6.07) is 6.16. The minimum Gasteiger partial charge on any atom is -0.394 e. The molecular weight excluding hydrogens is 376 g/mol. The number of aliphatic hydroxyl groups excluding tert-OH is 1. The second kappa shape index (κ2) is 10.6. The molecule has 3 nitrogen and oxygen atoms in total. The minimum atomic E-state index is -0.403. The van der Waals surface area contributed by atoms with E-state index < -0.39 is 5.54 Å². The smallest absolute Gasteiger partial charge is 0.0611 e. The molecule has 3 rings (SSSR count). The Kier molecular flexibility index (Phi) is 8.16. The molecule has 1 aromatic rings. The summed E-state index contributed by atoms with van der Waals surface area (Å²) in [5.74, 6) is 3.55. The van der Waals surface area contributed by atoms with Gasteiger partial charge in [0.05, 0.1) is 6.61 Å². The molecule has 2 aliphatic rings. The Morgan fingerprint density at radius 1 is 1.38 bits per heavy atom. The van der Waals surface area contributed by atoms with Gasteiger partial charge in [0.25, 0.3) is 0 Å². The van der Waals surface area contributed by atoms with Crippen molar-refractivity contribution in [3.8, 4) is 0 Å². The molecule has 1 aromatic heterocycles. The predicted molar refractivity (Wildman–Crippen MR) is 125 cm³/mol. The number of pyridine rings is 1. The van der Waals surface area contributed by atoms with Gasteiger partial charge in [-0.15, -0.1) is 0 Å². The molecule has 0 unspecified atom stereocenters. The molecule has 0 aliphatic heterocycles. The van der Waals surface area contributed by atoms with Crippen LogP contribution in [0.5, 0.6) is 0 Å². The summed E-state index contributed by atoms with van der Waals surface area (Å²) in [5, 5.41) is 9.52. The zero-order valence-corrected chi connectivity index (χ0v) is 18.6. The van der Waals surface area contributed by atoms with E-state index in [9.17, 15) is 5.11 Å². The number of nitrogens with zero attached hydrogens (tertiary/aromatic N) is 1. The summed E-state index contributed by atoms with van der Waals surface area (Å²) in [6.07, 6.45) is 13.9. The predicted octanol–water partition coefficient (Wildman–Crippen LogP) is 5.08. The fraction of sp³-hybridized carbons (Fsp3) is 0.560. The lowest BCUT2D eigenvalue weighted by Crippen LogP contribution is -2.40. The van der Waals surface area contributed by atoms with Crippen LogP contribution in [-0.2, 0) is 6.42 Å². The third kappa shape index (κ3) is 6.31. The molecule has 3 atom stereocenters. The highest BCUT2D eigenvalue weighted by molar-refractivity contribution is 7.99. The van der Waals surface area contributed by atoms with E-state index in [2.05, 4.69) is 54.5 Å². The summed E-state index contributed by atoms with van der Waals surface area (Å²) in [5.41, 5.74) is 11.2. The van der Waals surface area contributed by atoms with Gasteiger partial charge in [-0.25, -0.2) is 0 Å². The van der Waals surface area contributed by atoms with Crippen LogP contribution in [-0.4, -0.2) is 33.7 Å². The number of hydrogen-bond acceptors (Lipinski definition) is 4. The Balaban J connectivity index is 1.46. The van der Waals surface area contributed by atoms with Crippen molar-refractivity contribution >= 4 is 11.8 Å². The van der Waals surface area contributed by atoms with Gasteiger partial charge in [-0.3, -0.25) is 4.98 Å². The second-order valence-corrected chi connectivity index (χ2v) is 9.92. The molecule has 0 radical (unpaired) electrons. The van der Waals surface area contributed by atoms with Crippen LogP contribution in [0.15, 0.2) is 59.8 Å². The van der Waals surface area contributed by atoms with Gasteiger partial charge in [-0.05, 0) is 98.5 Å². The van der Waals surface area contributed by atoms with Gasteiger partial charge in [0, 0.05) is 17.4 Å². The van der Waals surface area contributed by atoms with Crippen LogP contribution in [0.2, 0.25) is 0 Å². The molecule has 2 saturated carbocycles. The lowest BCUT2D eigenvalue weighted by molar-refractivity contribution is 0.197. The first-order valence-corrected chi connectivity index (χ1v) is 12.1. The number of rotatable bonds is 8. The van der Waals surface area contributed by atoms with E-state index in [1.54, 1.807) is 0 Å². The van der Waals surface area contributed by atoms with Gasteiger partial charge in [-0.2, -0.15) is 11.8 Å². The van der Waals surface area contributed by atoms with Crippen molar-refractivity contribution in [3.63, 3.8) is 0 Å². The van der Waals surface area contributed by atoms with Gasteiger partial charge in [0.15, 0.2) is 0 Å². The Labute approximate surface area is 180 Å². The molecule has 1 heterocycles. The monoisotopic (exact) mass is 412 g/mol. The quantitative estimate of drug-likeness (QED) is 0.585. The molecule has 4 heteroatoms. The Bertz CT molecular complexity index is 742. The number of thioether (sulfide) groups is 1. The standard InChI is InChI=1S/C25H36N2OS/c1-3-21-15-20(17-29-13-10-24-6-4-5-12-27-24)7-8-22(21)14-19(2)23-9-11-25(26,16-23)18-28/h3-6,12,14,20,23,28H,2,7-11,13,15-18,26H2,1H3/b21-3-,22-14-/t20-,23+,25-/m1/s1. The summed E-state index contributed by atoms with van der Waals surface area (Å²) < 4.78 is 0. The molecule has 29 heavy (non-hydrogen) atoms. The molecule has 0 amide bonds. The zero-order chi connectivity index (χ0) is 20.7. The normalized spacial score (nSPS) is 30.2. The fourth-order valence-corrected chi connectivity index (χ4v) is 5.74. The van der Waals surface area contributed by atoms with Gasteiger partial charge in [-0.1, -0.05) is 30.4 Å². The lowest BCUT2D eigenvalue weighted by Gasteiger charge is -2.27. The lowest BCUT2D eigenvalue weighted by atomic mass is 9.81. The molecule has 0 aromatic carbocycles. The van der Waals surface area contributed by atoms with Gasteiger partial charge in [0.1, 0.15) is 0 Å². The first-order valence-electron chi connectivity index (χ1n) is 11.0. The molecule has 0 saturated heterocycles. The minimum absolute atomic E-state index is 0.0765. The van der Waals surface area contributed by atoms with Crippen LogP contribution in [0.4, 0.5) is 0 Å². The zero-order valence-electron chi connectivity index (χ0n) is 17.8. The third-order valence-electron chi connectivity index (χ3n) is 6.52. The van der Waals surface area contributed by atoms with Crippen LogP contribution in [0.25, 0.3) is 0 Å². The van der Waals surface area contributed by atoms with Crippen molar-refractivity contribution in [3.05, 3.63) is 65.5 Å². The van der Waals surface area contributed by atoms with E-state index in [1.165, 1.54) is 41.0 Å². The van der Waals surface area contributed by atoms with Crippen molar-refractivity contribution in [1.29, 1.82) is 0 Å². The Morgan fingerprint density at radius 3 is 2.93 bits per heavy atom. The van der Waals surface area contributed by atoms with Crippen molar-refractivity contribution in [2.45, 2.75) is 57.4 Å². The Hall–Kier alpha value is -1.36. The van der Waals surface area contributed by atoms with Crippen LogP contribution < -0.4 is 5.73 Å². The van der Waals surface area contributed by atoms with E-state index >= 15 is 0 Å². The van der Waals surface area contributed by atoms with E-state index in [0.717, 1.165) is 43.8 Å². The Morgan fingerprint density at radius 2 is 2.24 bits per heavy atom. The van der Waals surface area contributed by atoms with E-state index in [1.807, 2.05) is 12.3 Å². The maximum Gasteiger partial charge on any atom is 0.0611 e. The second-order valence-electron chi connectivity index (χ2n) is 8.77. The van der Waals surface area contributed by atoms with Gasteiger partial charge < -0.3 is 10.8 Å². The number of nitrogens with two attached hydrogens (primary N) is 1. The maximum atomic E-state index is 9.52. The first kappa shape index (κ1) is 22.3. The van der Waals surface area contributed by atoms with Gasteiger partial charge >= 0.3 is 0 Å². The molecule has 0 bridgehead atoms. The van der Waals surface area contributed by atoms with E-state index in [-0.39, 0.29) is 6.61 Å². The summed E-state index contributed by atoms with van der Waals surface area (Å²) in [6.45, 7) is 6.60. The highest BCUT2D eigenvalue weighted by atomic mass is 32.2. The van der Waals surface area contributed by atoms with Crippen molar-refractivity contribution in [1.82, 2.24) is 4.98 Å². The van der Waals surface area contributed by atoms with Gasteiger partial charge in [0.2, 0.25) is 0 Å². The van der Waals surface area contributed by atoms with E-state index in [0.29, 0.717) is 5.92 Å². The number of aryl methyl sites for hydroxylation is 1. The maximum absolute atomic E-state index is 9.52. The van der Waals surface area contributed by atoms with Crippen molar-refractivity contribution in [2.24, 2.45) is 17.6 Å². The van der Waals surface area contributed by atoms with Crippen LogP contribution >= 0.6 is 11.8 Å². The number of aromatic nitrogens is 1. The number of allylic oxidation sites excluding steroid dienone is 5. The van der Waals surface area contributed by atoms with Crippen LogP contribution in [0, 0.1) is 11.8 Å². The number of aliphatic hydroxyl groups is 1. The topological polar surface area (TPSA) is 59.1 Å². The average molecular weight is 413 g/mol. The largest absolute Gasteiger partial charge is 0.394 e. The number of hydrogen-bond donors (Lipinski definition) is 2. The molecule has 0 spiro atoms. The van der Waals surface area contributed by atoms with Crippen molar-refractivity contribution < 1.29 is 5.11 Å². The highest BCUT2D eigenvalue weighted by Crippen LogP contribution is 2.40. The molecule has 2 fully saturated rings. The summed E-state index contributed by atoms with van der Waals surface area (Å²) >= 11 is 2.06. The molecule has 3 N–H and O–H groups in total. The van der Waals surface area contributed by atoms with Crippen LogP contribution in [0.3, 0.4) is 0 Å². The van der Waals surface area contributed by atoms with Crippen molar-refractivity contribution in [2.75, 3.05) is 18.1 Å². The molecule has 158 valence electrons. The SMILES string of the molecule is C=C(/C=C1/CC[C@@H](CSCCc2ccccn2)C/C1=C/C)[C@H]1CC[C@](N)(CO)C1.